The number of anilines is 1. The molecule has 2 rings (SSSR count). The van der Waals surface area contributed by atoms with Crippen LogP contribution in [0.15, 0.2) is 36.4 Å². The minimum atomic E-state index is -0.782. The maximum atomic E-state index is 13.7. The Morgan fingerprint density at radius 1 is 1.19 bits per heavy atom. The van der Waals surface area contributed by atoms with Crippen LogP contribution in [0.1, 0.15) is 10.4 Å². The van der Waals surface area contributed by atoms with Gasteiger partial charge in [-0.05, 0) is 24.3 Å². The predicted octanol–water partition coefficient (Wildman–Crippen LogP) is 4.29. The van der Waals surface area contributed by atoms with Gasteiger partial charge >= 0.3 is 0 Å². The minimum absolute atomic E-state index is 0.0227. The van der Waals surface area contributed by atoms with Gasteiger partial charge in [0.05, 0.1) is 15.6 Å². The molecule has 0 heterocycles. The van der Waals surface area contributed by atoms with Crippen LogP contribution >= 0.6 is 23.2 Å². The highest BCUT2D eigenvalue weighted by molar-refractivity contribution is 6.33. The van der Waals surface area contributed by atoms with Gasteiger partial charge in [-0.2, -0.15) is 0 Å². The van der Waals surface area contributed by atoms with Crippen molar-refractivity contribution in [3.8, 4) is 0 Å². The first kappa shape index (κ1) is 15.2. The van der Waals surface area contributed by atoms with Gasteiger partial charge in [0.2, 0.25) is 0 Å². The van der Waals surface area contributed by atoms with E-state index >= 15 is 0 Å². The summed E-state index contributed by atoms with van der Waals surface area (Å²) in [6.45, 7) is 0. The summed E-state index contributed by atoms with van der Waals surface area (Å²) >= 11 is 11.2. The molecule has 0 aliphatic heterocycles. The van der Waals surface area contributed by atoms with E-state index in [0.717, 1.165) is 6.07 Å². The monoisotopic (exact) mass is 328 g/mol. The summed E-state index contributed by atoms with van der Waals surface area (Å²) in [4.78, 5) is 22.0. The average Bonchev–Trinajstić information content (AvgIpc) is 2.44. The first-order chi connectivity index (χ1) is 9.90. The number of benzene rings is 2. The molecule has 0 aromatic heterocycles. The highest BCUT2D eigenvalue weighted by Gasteiger charge is 2.17. The van der Waals surface area contributed by atoms with Crippen molar-refractivity contribution in [3.05, 3.63) is 67.9 Å². The standard InChI is InChI=1S/C13H7Cl2FN2O3/c14-8-5-4-7(6-11(8)18(20)21)13(19)17-10-3-1-2-9(15)12(10)16/h1-6H,(H,17,19). The largest absolute Gasteiger partial charge is 0.319 e. The van der Waals surface area contributed by atoms with Gasteiger partial charge in [0.1, 0.15) is 5.02 Å². The van der Waals surface area contributed by atoms with E-state index in [0.29, 0.717) is 0 Å². The summed E-state index contributed by atoms with van der Waals surface area (Å²) in [7, 11) is 0. The van der Waals surface area contributed by atoms with Crippen LogP contribution < -0.4 is 5.32 Å². The van der Waals surface area contributed by atoms with Gasteiger partial charge in [0.15, 0.2) is 5.82 Å². The molecule has 1 amide bonds. The van der Waals surface area contributed by atoms with Gasteiger partial charge in [0.25, 0.3) is 11.6 Å². The van der Waals surface area contributed by atoms with Gasteiger partial charge < -0.3 is 5.32 Å². The molecular weight excluding hydrogens is 322 g/mol. The number of halogens is 3. The molecule has 108 valence electrons. The molecule has 0 aliphatic rings. The highest BCUT2D eigenvalue weighted by atomic mass is 35.5. The maximum absolute atomic E-state index is 13.7. The van der Waals surface area contributed by atoms with E-state index in [-0.39, 0.29) is 21.3 Å². The topological polar surface area (TPSA) is 72.2 Å². The average molecular weight is 329 g/mol. The Kier molecular flexibility index (Phi) is 4.40. The Bertz CT molecular complexity index is 737. The third-order valence-electron chi connectivity index (χ3n) is 2.60. The zero-order valence-corrected chi connectivity index (χ0v) is 11.8. The number of nitrogens with zero attached hydrogens (tertiary/aromatic N) is 1. The molecule has 0 unspecified atom stereocenters. The fourth-order valence-corrected chi connectivity index (χ4v) is 1.95. The van der Waals surface area contributed by atoms with Crippen LogP contribution in [0, 0.1) is 15.9 Å². The summed E-state index contributed by atoms with van der Waals surface area (Å²) in [5, 5.41) is 12.8. The molecule has 0 aliphatic carbocycles. The summed E-state index contributed by atoms with van der Waals surface area (Å²) < 4.78 is 13.7. The van der Waals surface area contributed by atoms with Crippen LogP contribution in [-0.4, -0.2) is 10.8 Å². The molecule has 1 N–H and O–H groups in total. The van der Waals surface area contributed by atoms with Crippen molar-refractivity contribution in [2.45, 2.75) is 0 Å². The van der Waals surface area contributed by atoms with Crippen LogP contribution in [0.4, 0.5) is 15.8 Å². The van der Waals surface area contributed by atoms with E-state index in [1.54, 1.807) is 0 Å². The quantitative estimate of drug-likeness (QED) is 0.674. The van der Waals surface area contributed by atoms with Crippen LogP contribution in [0.25, 0.3) is 0 Å². The Labute approximate surface area is 128 Å². The molecule has 0 atom stereocenters. The molecule has 2 aromatic rings. The van der Waals surface area contributed by atoms with E-state index in [1.165, 1.54) is 30.3 Å². The van der Waals surface area contributed by atoms with Crippen LogP contribution in [0.3, 0.4) is 0 Å². The number of nitrogens with one attached hydrogen (secondary N) is 1. The molecule has 8 heteroatoms. The fourth-order valence-electron chi connectivity index (χ4n) is 1.59. The number of rotatable bonds is 3. The van der Waals surface area contributed by atoms with Crippen LogP contribution in [0.5, 0.6) is 0 Å². The Morgan fingerprint density at radius 3 is 2.57 bits per heavy atom. The molecule has 0 saturated carbocycles. The number of carbonyl (C=O) groups is 1. The molecule has 21 heavy (non-hydrogen) atoms. The number of hydrogen-bond donors (Lipinski definition) is 1. The number of amides is 1. The third-order valence-corrected chi connectivity index (χ3v) is 3.22. The van der Waals surface area contributed by atoms with E-state index in [1.807, 2.05) is 0 Å². The predicted molar refractivity (Wildman–Crippen MR) is 77.5 cm³/mol. The molecule has 0 fully saturated rings. The summed E-state index contributed by atoms with van der Waals surface area (Å²) in [5.74, 6) is -1.49. The van der Waals surface area contributed by atoms with Gasteiger partial charge in [-0.15, -0.1) is 0 Å². The Balaban J connectivity index is 2.31. The zero-order chi connectivity index (χ0) is 15.6. The lowest BCUT2D eigenvalue weighted by molar-refractivity contribution is -0.384. The van der Waals surface area contributed by atoms with Crippen molar-refractivity contribution in [3.63, 3.8) is 0 Å². The van der Waals surface area contributed by atoms with Crippen molar-refractivity contribution in [1.29, 1.82) is 0 Å². The normalized spacial score (nSPS) is 10.2. The zero-order valence-electron chi connectivity index (χ0n) is 10.3. The molecule has 0 saturated heterocycles. The molecule has 2 aromatic carbocycles. The van der Waals surface area contributed by atoms with Gasteiger partial charge in [-0.3, -0.25) is 14.9 Å². The Hall–Kier alpha value is -2.18. The number of nitro groups is 1. The second-order valence-corrected chi connectivity index (χ2v) is 4.79. The van der Waals surface area contributed by atoms with E-state index in [4.69, 9.17) is 23.2 Å². The van der Waals surface area contributed by atoms with Crippen LogP contribution in [0.2, 0.25) is 10.0 Å². The lowest BCUT2D eigenvalue weighted by atomic mass is 10.2. The summed E-state index contributed by atoms with van der Waals surface area (Å²) in [5.41, 5.74) is -0.550. The van der Waals surface area contributed by atoms with E-state index in [2.05, 4.69) is 5.32 Å². The molecule has 5 nitrogen and oxygen atoms in total. The van der Waals surface area contributed by atoms with Crippen molar-refractivity contribution in [2.75, 3.05) is 5.32 Å². The number of nitro benzene ring substituents is 1. The molecule has 0 spiro atoms. The second kappa shape index (κ2) is 6.07. The summed E-state index contributed by atoms with van der Waals surface area (Å²) in [6, 6.07) is 7.66. The SMILES string of the molecule is O=C(Nc1cccc(Cl)c1F)c1ccc(Cl)c([N+](=O)[O-])c1. The maximum Gasteiger partial charge on any atom is 0.288 e. The second-order valence-electron chi connectivity index (χ2n) is 3.98. The highest BCUT2D eigenvalue weighted by Crippen LogP contribution is 2.26. The first-order valence-corrected chi connectivity index (χ1v) is 6.35. The molecular formula is C13H7Cl2FN2O3. The Morgan fingerprint density at radius 2 is 1.90 bits per heavy atom. The summed E-state index contributed by atoms with van der Waals surface area (Å²) in [6.07, 6.45) is 0. The molecule has 0 bridgehead atoms. The van der Waals surface area contributed by atoms with Gasteiger partial charge in [-0.1, -0.05) is 29.3 Å². The van der Waals surface area contributed by atoms with E-state index < -0.39 is 22.3 Å². The van der Waals surface area contributed by atoms with Crippen molar-refractivity contribution in [2.24, 2.45) is 0 Å². The lowest BCUT2D eigenvalue weighted by Gasteiger charge is -2.07. The van der Waals surface area contributed by atoms with Crippen molar-refractivity contribution in [1.82, 2.24) is 0 Å². The van der Waals surface area contributed by atoms with E-state index in [9.17, 15) is 19.3 Å². The smallest absolute Gasteiger partial charge is 0.288 e. The third kappa shape index (κ3) is 3.29. The number of hydrogen-bond acceptors (Lipinski definition) is 3. The number of carbonyl (C=O) groups excluding carboxylic acids is 1. The van der Waals surface area contributed by atoms with Gasteiger partial charge in [0, 0.05) is 11.6 Å². The van der Waals surface area contributed by atoms with Crippen LogP contribution in [-0.2, 0) is 0 Å². The van der Waals surface area contributed by atoms with Gasteiger partial charge in [-0.25, -0.2) is 4.39 Å². The van der Waals surface area contributed by atoms with Crippen molar-refractivity contribution < 1.29 is 14.1 Å². The first-order valence-electron chi connectivity index (χ1n) is 5.59. The minimum Gasteiger partial charge on any atom is -0.319 e. The molecule has 0 radical (unpaired) electrons. The van der Waals surface area contributed by atoms with Crippen molar-refractivity contribution >= 4 is 40.5 Å². The fraction of sp³-hybridized carbons (Fsp3) is 0. The lowest BCUT2D eigenvalue weighted by Crippen LogP contribution is -2.13.